The minimum absolute atomic E-state index is 0.113. The lowest BCUT2D eigenvalue weighted by atomic mass is 9.81. The first-order valence-corrected chi connectivity index (χ1v) is 7.00. The zero-order valence-electron chi connectivity index (χ0n) is 12.8. The molecule has 1 aromatic carbocycles. The van der Waals surface area contributed by atoms with Crippen LogP contribution >= 0.6 is 0 Å². The second kappa shape index (κ2) is 6.75. The van der Waals surface area contributed by atoms with Crippen LogP contribution in [0, 0.1) is 5.41 Å². The third kappa shape index (κ3) is 5.61. The molecule has 4 nitrogen and oxygen atoms in total. The van der Waals surface area contributed by atoms with Crippen LogP contribution in [-0.2, 0) is 4.79 Å². The van der Waals surface area contributed by atoms with Crippen molar-refractivity contribution in [2.24, 2.45) is 16.9 Å². The molecule has 1 aromatic rings. The maximum Gasteiger partial charge on any atom is 0.217 e. The number of benzene rings is 1. The lowest BCUT2D eigenvalue weighted by Crippen LogP contribution is -2.27. The van der Waals surface area contributed by atoms with E-state index in [1.54, 1.807) is 0 Å². The first kappa shape index (κ1) is 16.5. The van der Waals surface area contributed by atoms with Crippen LogP contribution in [0.3, 0.4) is 0 Å². The summed E-state index contributed by atoms with van der Waals surface area (Å²) in [4.78, 5) is 11.0. The summed E-state index contributed by atoms with van der Waals surface area (Å²) in [5.74, 6) is 0.551. The van der Waals surface area contributed by atoms with Crippen molar-refractivity contribution in [3.63, 3.8) is 0 Å². The van der Waals surface area contributed by atoms with Crippen LogP contribution in [0.2, 0.25) is 0 Å². The molecule has 1 unspecified atom stereocenters. The summed E-state index contributed by atoms with van der Waals surface area (Å²) < 4.78 is 5.60. The second-order valence-electron chi connectivity index (χ2n) is 6.35. The highest BCUT2D eigenvalue weighted by Gasteiger charge is 2.24. The number of carbonyl (C=O) groups is 1. The van der Waals surface area contributed by atoms with Gasteiger partial charge in [-0.3, -0.25) is 4.79 Å². The van der Waals surface area contributed by atoms with Crippen LogP contribution in [0.25, 0.3) is 0 Å². The number of amides is 1. The van der Waals surface area contributed by atoms with Gasteiger partial charge >= 0.3 is 0 Å². The minimum Gasteiger partial charge on any atom is -0.491 e. The number of hydrogen-bond donors (Lipinski definition) is 2. The highest BCUT2D eigenvalue weighted by Crippen LogP contribution is 2.32. The Morgan fingerprint density at radius 1 is 1.25 bits per heavy atom. The summed E-state index contributed by atoms with van der Waals surface area (Å²) >= 11 is 0. The molecule has 0 radical (unpaired) electrons. The fourth-order valence-electron chi connectivity index (χ4n) is 2.32. The van der Waals surface area contributed by atoms with Crippen molar-refractivity contribution < 1.29 is 9.53 Å². The molecule has 112 valence electrons. The summed E-state index contributed by atoms with van der Waals surface area (Å²) in [5, 5.41) is 0. The molecule has 0 fully saturated rings. The third-order valence-electron chi connectivity index (χ3n) is 3.11. The fraction of sp³-hybridized carbons (Fsp3) is 0.562. The molecule has 1 atom stereocenters. The summed E-state index contributed by atoms with van der Waals surface area (Å²) in [6.07, 6.45) is 1.21. The van der Waals surface area contributed by atoms with Crippen LogP contribution in [0.15, 0.2) is 24.3 Å². The highest BCUT2D eigenvalue weighted by molar-refractivity contribution is 5.74. The molecule has 1 rings (SSSR count). The van der Waals surface area contributed by atoms with Crippen LogP contribution in [0.4, 0.5) is 0 Å². The largest absolute Gasteiger partial charge is 0.491 e. The van der Waals surface area contributed by atoms with Crippen LogP contribution in [0.1, 0.15) is 52.1 Å². The van der Waals surface area contributed by atoms with Gasteiger partial charge in [-0.1, -0.05) is 26.0 Å². The molecule has 0 spiro atoms. The van der Waals surface area contributed by atoms with E-state index in [1.807, 2.05) is 52.0 Å². The van der Waals surface area contributed by atoms with Crippen molar-refractivity contribution in [2.75, 3.05) is 0 Å². The Morgan fingerprint density at radius 3 is 2.25 bits per heavy atom. The molecule has 20 heavy (non-hydrogen) atoms. The standard InChI is InChI=1S/C16H26N2O2/c1-11(2)20-13-7-5-12(6-8-13)14(17)9-16(3,4)10-15(18)19/h5-8,11,14H,9-10,17H2,1-4H3,(H2,18,19). The van der Waals surface area contributed by atoms with Crippen LogP contribution < -0.4 is 16.2 Å². The number of ether oxygens (including phenoxy) is 1. The molecule has 0 saturated carbocycles. The maximum atomic E-state index is 11.0. The SMILES string of the molecule is CC(C)Oc1ccc(C(N)CC(C)(C)CC(N)=O)cc1. The average molecular weight is 278 g/mol. The fourth-order valence-corrected chi connectivity index (χ4v) is 2.32. The summed E-state index contributed by atoms with van der Waals surface area (Å²) in [6.45, 7) is 8.00. The normalized spacial score (nSPS) is 13.3. The number of nitrogens with two attached hydrogens (primary N) is 2. The van der Waals surface area contributed by atoms with Gasteiger partial charge in [0.2, 0.25) is 5.91 Å². The Balaban J connectivity index is 2.67. The quantitative estimate of drug-likeness (QED) is 0.805. The van der Waals surface area contributed by atoms with Crippen molar-refractivity contribution in [1.82, 2.24) is 0 Å². The van der Waals surface area contributed by atoms with Gasteiger partial charge in [-0.15, -0.1) is 0 Å². The molecule has 0 aliphatic heterocycles. The van der Waals surface area contributed by atoms with Gasteiger partial charge in [-0.2, -0.15) is 0 Å². The number of hydrogen-bond acceptors (Lipinski definition) is 3. The maximum absolute atomic E-state index is 11.0. The zero-order chi connectivity index (χ0) is 15.3. The second-order valence-corrected chi connectivity index (χ2v) is 6.35. The summed E-state index contributed by atoms with van der Waals surface area (Å²) in [6, 6.07) is 7.69. The molecular formula is C16H26N2O2. The van der Waals surface area contributed by atoms with E-state index in [0.29, 0.717) is 12.8 Å². The average Bonchev–Trinajstić information content (AvgIpc) is 2.26. The topological polar surface area (TPSA) is 78.3 Å². The Labute approximate surface area is 121 Å². The van der Waals surface area contributed by atoms with Crippen molar-refractivity contribution >= 4 is 5.91 Å². The van der Waals surface area contributed by atoms with Crippen LogP contribution in [0.5, 0.6) is 5.75 Å². The van der Waals surface area contributed by atoms with E-state index >= 15 is 0 Å². The predicted octanol–water partition coefficient (Wildman–Crippen LogP) is 2.77. The molecule has 0 aliphatic rings. The third-order valence-corrected chi connectivity index (χ3v) is 3.11. The minimum atomic E-state index is -0.289. The molecule has 4 heteroatoms. The Kier molecular flexibility index (Phi) is 5.57. The van der Waals surface area contributed by atoms with Gasteiger partial charge in [-0.25, -0.2) is 0 Å². The number of rotatable bonds is 7. The Morgan fingerprint density at radius 2 is 1.80 bits per heavy atom. The smallest absolute Gasteiger partial charge is 0.217 e. The van der Waals surface area contributed by atoms with E-state index in [-0.39, 0.29) is 23.5 Å². The molecule has 0 aromatic heterocycles. The van der Waals surface area contributed by atoms with Crippen molar-refractivity contribution in [2.45, 2.75) is 52.7 Å². The van der Waals surface area contributed by atoms with E-state index < -0.39 is 0 Å². The van der Waals surface area contributed by atoms with Gasteiger partial charge in [0.05, 0.1) is 6.10 Å². The van der Waals surface area contributed by atoms with Gasteiger partial charge in [-0.05, 0) is 43.4 Å². The predicted molar refractivity (Wildman–Crippen MR) is 81.3 cm³/mol. The van der Waals surface area contributed by atoms with Crippen molar-refractivity contribution in [3.8, 4) is 5.75 Å². The molecule has 0 bridgehead atoms. The molecule has 0 aliphatic carbocycles. The molecule has 0 heterocycles. The van der Waals surface area contributed by atoms with E-state index in [0.717, 1.165) is 11.3 Å². The van der Waals surface area contributed by atoms with Crippen molar-refractivity contribution in [3.05, 3.63) is 29.8 Å². The molecular weight excluding hydrogens is 252 g/mol. The lowest BCUT2D eigenvalue weighted by Gasteiger charge is -2.27. The first-order chi connectivity index (χ1) is 9.19. The molecule has 1 amide bonds. The van der Waals surface area contributed by atoms with Gasteiger partial charge in [0.15, 0.2) is 0 Å². The lowest BCUT2D eigenvalue weighted by molar-refractivity contribution is -0.120. The van der Waals surface area contributed by atoms with Gasteiger partial charge < -0.3 is 16.2 Å². The summed E-state index contributed by atoms with van der Waals surface area (Å²) in [7, 11) is 0. The van der Waals surface area contributed by atoms with E-state index in [9.17, 15) is 4.79 Å². The Hall–Kier alpha value is -1.55. The number of carbonyl (C=O) groups excluding carboxylic acids is 1. The van der Waals surface area contributed by atoms with Crippen LogP contribution in [-0.4, -0.2) is 12.0 Å². The Bertz CT molecular complexity index is 438. The van der Waals surface area contributed by atoms with E-state index in [2.05, 4.69) is 0 Å². The van der Waals surface area contributed by atoms with Gasteiger partial charge in [0.25, 0.3) is 0 Å². The highest BCUT2D eigenvalue weighted by atomic mass is 16.5. The molecule has 4 N–H and O–H groups in total. The van der Waals surface area contributed by atoms with E-state index in [1.165, 1.54) is 0 Å². The monoisotopic (exact) mass is 278 g/mol. The van der Waals surface area contributed by atoms with E-state index in [4.69, 9.17) is 16.2 Å². The van der Waals surface area contributed by atoms with Crippen molar-refractivity contribution in [1.29, 1.82) is 0 Å². The zero-order valence-corrected chi connectivity index (χ0v) is 12.8. The summed E-state index contributed by atoms with van der Waals surface area (Å²) in [5.41, 5.74) is 12.3. The molecule has 0 saturated heterocycles. The van der Waals surface area contributed by atoms with Gasteiger partial charge in [0, 0.05) is 12.5 Å². The van der Waals surface area contributed by atoms with Gasteiger partial charge in [0.1, 0.15) is 5.75 Å². The first-order valence-electron chi connectivity index (χ1n) is 7.00. The number of primary amides is 1.